The van der Waals surface area contributed by atoms with Gasteiger partial charge in [-0.25, -0.2) is 0 Å². The summed E-state index contributed by atoms with van der Waals surface area (Å²) in [5, 5.41) is -8.58. The Hall–Kier alpha value is -6.70. The average Bonchev–Trinajstić information content (AvgIpc) is 3.18. The van der Waals surface area contributed by atoms with E-state index < -0.39 is 290 Å². The lowest BCUT2D eigenvalue weighted by Crippen LogP contribution is -1.94. The first-order chi connectivity index (χ1) is 37.8. The fourth-order valence-corrected chi connectivity index (χ4v) is 6.57. The highest BCUT2D eigenvalue weighted by Crippen LogP contribution is 2.50. The highest BCUT2D eigenvalue weighted by molar-refractivity contribution is 6.28. The van der Waals surface area contributed by atoms with Crippen molar-refractivity contribution in [1.29, 1.82) is 0 Å². The summed E-state index contributed by atoms with van der Waals surface area (Å²) < 4.78 is 281. The third-order valence-corrected chi connectivity index (χ3v) is 8.64. The third kappa shape index (κ3) is 4.16. The van der Waals surface area contributed by atoms with Crippen LogP contribution in [0.15, 0.2) is 186 Å². The van der Waals surface area contributed by atoms with Crippen molar-refractivity contribution in [3.63, 3.8) is 0 Å². The second-order valence-corrected chi connectivity index (χ2v) is 11.3. The number of furan rings is 1. The summed E-state index contributed by atoms with van der Waals surface area (Å²) in [7, 11) is 0. The van der Waals surface area contributed by atoms with Crippen molar-refractivity contribution in [2.45, 2.75) is 0 Å². The van der Waals surface area contributed by atoms with Crippen LogP contribution in [0.4, 0.5) is 0 Å². The van der Waals surface area contributed by atoms with Gasteiger partial charge in [-0.15, -0.1) is 0 Å². The minimum atomic E-state index is -1.15. The fourth-order valence-electron chi connectivity index (χ4n) is 6.57. The lowest BCUT2D eigenvalue weighted by atomic mass is 9.81. The Labute approximate surface area is 336 Å². The molecule has 0 radical (unpaired) electrons. The van der Waals surface area contributed by atoms with Gasteiger partial charge in [0, 0.05) is 10.8 Å². The average molecular weight is 677 g/mol. The molecule has 0 N–H and O–H groups in total. The topological polar surface area (TPSA) is 13.1 Å². The van der Waals surface area contributed by atoms with E-state index in [0.717, 1.165) is 0 Å². The molecule has 51 heavy (non-hydrogen) atoms. The van der Waals surface area contributed by atoms with Crippen LogP contribution in [0, 0.1) is 0 Å². The SMILES string of the molecule is [2H]c1c([2H])c(-c2c(-c3c4c([2H])c([2H])c([2H])c([2H])c4c(-c4c([2H])c([2H])c5c([2H])c([2H])c([2H])c([2H])c5c4[2H])c4c([2H])c([2H])c([2H])c([2H])c34)c([2H])c([2H])c3c([2H])c([2H])c([2H])c([2H])c23)c2c(oc3c([2H])c([2H])c4c([2H])c([2H])c([2H])c([2H])c4c32)c1[2H]. The lowest BCUT2D eigenvalue weighted by molar-refractivity contribution is 0.669. The quantitative estimate of drug-likeness (QED) is 0.170. The van der Waals surface area contributed by atoms with Gasteiger partial charge in [0.15, 0.2) is 0 Å². The number of fused-ring (bicyclic) bond motifs is 9. The van der Waals surface area contributed by atoms with Crippen LogP contribution in [0.3, 0.4) is 0 Å². The molecule has 1 heterocycles. The Balaban J connectivity index is 1.55. The highest BCUT2D eigenvalue weighted by atomic mass is 16.3. The second-order valence-electron chi connectivity index (χ2n) is 11.3. The summed E-state index contributed by atoms with van der Waals surface area (Å²) in [4.78, 5) is 0. The molecule has 11 aromatic rings. The van der Waals surface area contributed by atoms with E-state index in [-0.39, 0.29) is 0 Å². The smallest absolute Gasteiger partial charge is 0.136 e. The minimum absolute atomic E-state index is 0.535. The normalized spacial score (nSPS) is 20.2. The monoisotopic (exact) mass is 676 g/mol. The molecule has 1 aromatic heterocycles. The summed E-state index contributed by atoms with van der Waals surface area (Å²) in [6.45, 7) is 0. The van der Waals surface area contributed by atoms with E-state index in [9.17, 15) is 20.6 Å². The van der Waals surface area contributed by atoms with Crippen LogP contribution in [0.1, 0.15) is 41.1 Å². The van der Waals surface area contributed by atoms with E-state index in [1.807, 2.05) is 0 Å². The van der Waals surface area contributed by atoms with Crippen LogP contribution >= 0.6 is 0 Å². The van der Waals surface area contributed by atoms with E-state index in [1.54, 1.807) is 0 Å². The first kappa shape index (κ1) is 11.7. The molecule has 0 aliphatic carbocycles. The van der Waals surface area contributed by atoms with Crippen LogP contribution < -0.4 is 0 Å². The standard InChI is InChI=1S/C50H30O/c1-2-15-34-30-35(25-24-31(34)12-1)46-38-18-7-9-20-40(38)48(41-21-10-8-19-39(41)46)43-28-26-32-13-3-5-16-36(32)47(43)42-22-11-23-44-50(42)49-37-17-6-4-14-33(37)27-29-45(49)51-44/h1-30H/i1D,2D,3D,4D,5D,6D,7D,8D,9D,10D,11D,12D,13D,14D,15D,16D,17D,18D,19D,20D,21D,22D,23D,24D,25D,26D,27D,28D,29D,30D. The largest absolute Gasteiger partial charge is 0.456 e. The maximum atomic E-state index is 10.1. The molecule has 0 saturated heterocycles. The number of benzene rings is 10. The Morgan fingerprint density at radius 1 is 0.314 bits per heavy atom. The molecule has 0 spiro atoms. The van der Waals surface area contributed by atoms with Crippen molar-refractivity contribution in [2.75, 3.05) is 0 Å². The number of hydrogen-bond acceptors (Lipinski definition) is 1. The van der Waals surface area contributed by atoms with Crippen LogP contribution in [0.5, 0.6) is 0 Å². The molecule has 236 valence electrons. The highest BCUT2D eigenvalue weighted by Gasteiger charge is 2.23. The Bertz CT molecular complexity index is 4850. The third-order valence-electron chi connectivity index (χ3n) is 8.64. The van der Waals surface area contributed by atoms with Gasteiger partial charge in [0.1, 0.15) is 11.2 Å². The first-order valence-corrected chi connectivity index (χ1v) is 15.2. The van der Waals surface area contributed by atoms with Gasteiger partial charge < -0.3 is 4.42 Å². The van der Waals surface area contributed by atoms with Crippen molar-refractivity contribution in [3.05, 3.63) is 181 Å². The van der Waals surface area contributed by atoms with E-state index in [2.05, 4.69) is 0 Å². The van der Waals surface area contributed by atoms with E-state index >= 15 is 0 Å². The van der Waals surface area contributed by atoms with Gasteiger partial charge in [-0.05, 0) is 105 Å². The lowest BCUT2D eigenvalue weighted by Gasteiger charge is -2.21. The molecule has 11 rings (SSSR count). The molecule has 0 unspecified atom stereocenters. The Morgan fingerprint density at radius 2 is 0.843 bits per heavy atom. The molecule has 0 aliphatic rings. The Morgan fingerprint density at radius 3 is 1.57 bits per heavy atom. The van der Waals surface area contributed by atoms with Gasteiger partial charge >= 0.3 is 0 Å². The maximum Gasteiger partial charge on any atom is 0.136 e. The zero-order valence-electron chi connectivity index (χ0n) is 55.4. The second kappa shape index (κ2) is 10.9. The van der Waals surface area contributed by atoms with Gasteiger partial charge in [-0.3, -0.25) is 0 Å². The van der Waals surface area contributed by atoms with Gasteiger partial charge in [0.05, 0.1) is 41.1 Å². The number of hydrogen-bond donors (Lipinski definition) is 0. The van der Waals surface area contributed by atoms with Gasteiger partial charge in [0.25, 0.3) is 0 Å². The zero-order valence-corrected chi connectivity index (χ0v) is 25.4. The molecule has 1 heteroatoms. The van der Waals surface area contributed by atoms with Crippen molar-refractivity contribution in [3.8, 4) is 33.4 Å². The van der Waals surface area contributed by atoms with Gasteiger partial charge in [-0.2, -0.15) is 0 Å². The molecule has 0 fully saturated rings. The molecule has 10 aromatic carbocycles. The molecule has 1 nitrogen and oxygen atoms in total. The number of rotatable bonds is 3. The predicted octanol–water partition coefficient (Wildman–Crippen LogP) is 14.4. The van der Waals surface area contributed by atoms with E-state index in [1.165, 1.54) is 0 Å². The molecular formula is C50H30O. The molecule has 0 bridgehead atoms. The maximum absolute atomic E-state index is 10.1. The molecule has 0 aliphatic heterocycles. The van der Waals surface area contributed by atoms with E-state index in [0.29, 0.717) is 0 Å². The van der Waals surface area contributed by atoms with Crippen LogP contribution in [-0.4, -0.2) is 0 Å². The summed E-state index contributed by atoms with van der Waals surface area (Å²) >= 11 is 0. The van der Waals surface area contributed by atoms with Crippen LogP contribution in [-0.2, 0) is 0 Å². The molecular weight excluding hydrogens is 617 g/mol. The summed E-state index contributed by atoms with van der Waals surface area (Å²) in [5.41, 5.74) is -6.53. The van der Waals surface area contributed by atoms with E-state index in [4.69, 9.17) is 25.0 Å². The van der Waals surface area contributed by atoms with Gasteiger partial charge in [-0.1, -0.05) is 163 Å². The van der Waals surface area contributed by atoms with Crippen molar-refractivity contribution < 1.29 is 45.5 Å². The first-order valence-electron chi connectivity index (χ1n) is 30.2. The Kier molecular flexibility index (Phi) is 2.50. The van der Waals surface area contributed by atoms with Crippen molar-refractivity contribution in [2.24, 2.45) is 0 Å². The minimum Gasteiger partial charge on any atom is -0.456 e. The summed E-state index contributed by atoms with van der Waals surface area (Å²) in [5.74, 6) is 0. The summed E-state index contributed by atoms with van der Waals surface area (Å²) in [6, 6.07) is -29.5. The molecule has 0 amide bonds. The summed E-state index contributed by atoms with van der Waals surface area (Å²) in [6.07, 6.45) is 0. The zero-order chi connectivity index (χ0) is 59.6. The molecule has 0 atom stereocenters. The fraction of sp³-hybridized carbons (Fsp3) is 0. The predicted molar refractivity (Wildman–Crippen MR) is 218 cm³/mol. The molecule has 0 saturated carbocycles. The van der Waals surface area contributed by atoms with Crippen molar-refractivity contribution in [1.82, 2.24) is 0 Å². The van der Waals surface area contributed by atoms with Crippen LogP contribution in [0.2, 0.25) is 0 Å². The van der Waals surface area contributed by atoms with Crippen molar-refractivity contribution >= 4 is 75.8 Å². The van der Waals surface area contributed by atoms with Gasteiger partial charge in [0.2, 0.25) is 0 Å². The van der Waals surface area contributed by atoms with Crippen LogP contribution in [0.25, 0.3) is 109 Å².